The van der Waals surface area contributed by atoms with Crippen molar-refractivity contribution in [2.24, 2.45) is 0 Å². The van der Waals surface area contributed by atoms with Gasteiger partial charge in [0.05, 0.1) is 0 Å². The molecule has 0 unspecified atom stereocenters. The maximum atomic E-state index is 2.31. The molecule has 0 saturated carbocycles. The maximum Gasteiger partial charge on any atom is 0.194 e. The fraction of sp³-hybridized carbons (Fsp3) is 0.750. The van der Waals surface area contributed by atoms with Gasteiger partial charge >= 0.3 is 0 Å². The number of pyridine rings is 1. The zero-order valence-corrected chi connectivity index (χ0v) is 17.0. The van der Waals surface area contributed by atoms with Crippen LogP contribution in [-0.4, -0.2) is 5.75 Å². The van der Waals surface area contributed by atoms with E-state index in [0.29, 0.717) is 0 Å². The number of aryl methyl sites for hydroxylation is 2. The molecule has 0 fully saturated rings. The highest BCUT2D eigenvalue weighted by Gasteiger charge is 2.02. The number of hydrogen-bond donors (Lipinski definition) is 0. The van der Waals surface area contributed by atoms with Crippen molar-refractivity contribution in [3.63, 3.8) is 0 Å². The second kappa shape index (κ2) is 15.3. The maximum absolute atomic E-state index is 2.31. The smallest absolute Gasteiger partial charge is 0.194 e. The van der Waals surface area contributed by atoms with Gasteiger partial charge in [0.1, 0.15) is 0 Å². The second-order valence-corrected chi connectivity index (χ2v) is 7.62. The summed E-state index contributed by atoms with van der Waals surface area (Å²) in [6.07, 6.45) is 18.7. The molecule has 0 aliphatic rings. The summed E-state index contributed by atoms with van der Waals surface area (Å²) in [5, 5.41) is 0. The highest BCUT2D eigenvalue weighted by molar-refractivity contribution is 7.98. The molecule has 0 saturated heterocycles. The fourth-order valence-electron chi connectivity index (χ4n) is 2.67. The molecule has 0 spiro atoms. The van der Waals surface area contributed by atoms with Gasteiger partial charge in [0.2, 0.25) is 0 Å². The monoisotopic (exact) mass is 357 g/mol. The van der Waals surface area contributed by atoms with Crippen LogP contribution in [0.5, 0.6) is 0 Å². The molecule has 0 aromatic carbocycles. The number of rotatable bonds is 13. The van der Waals surface area contributed by atoms with E-state index in [1.807, 2.05) is 0 Å². The topological polar surface area (TPSA) is 3.88 Å². The van der Waals surface area contributed by atoms with Crippen LogP contribution in [0.4, 0.5) is 0 Å². The lowest BCUT2D eigenvalue weighted by Gasteiger charge is -2.03. The van der Waals surface area contributed by atoms with E-state index in [2.05, 4.69) is 55.6 Å². The Balaban J connectivity index is 0.00000484. The van der Waals surface area contributed by atoms with Crippen molar-refractivity contribution in [1.82, 2.24) is 0 Å². The van der Waals surface area contributed by atoms with Crippen LogP contribution in [0.1, 0.15) is 82.3 Å². The summed E-state index contributed by atoms with van der Waals surface area (Å²) >= 11 is 2.06. The van der Waals surface area contributed by atoms with E-state index in [-0.39, 0.29) is 12.4 Å². The third-order valence-corrected chi connectivity index (χ3v) is 5.44. The quantitative estimate of drug-likeness (QED) is 0.387. The number of halogens is 1. The molecule has 0 aliphatic heterocycles. The number of thioether (sulfide) groups is 1. The highest BCUT2D eigenvalue weighted by Crippen LogP contribution is 2.12. The molecule has 134 valence electrons. The first-order valence-electron chi connectivity index (χ1n) is 9.28. The average Bonchev–Trinajstić information content (AvgIpc) is 2.52. The van der Waals surface area contributed by atoms with Crippen LogP contribution in [0.15, 0.2) is 18.5 Å². The summed E-state index contributed by atoms with van der Waals surface area (Å²) in [5.41, 5.74) is 2.78. The first kappa shape index (κ1) is 22.8. The van der Waals surface area contributed by atoms with Crippen LogP contribution in [0.3, 0.4) is 0 Å². The minimum atomic E-state index is 0. The molecule has 23 heavy (non-hydrogen) atoms. The van der Waals surface area contributed by atoms with Crippen LogP contribution < -0.4 is 17.0 Å². The van der Waals surface area contributed by atoms with Gasteiger partial charge in [-0.25, -0.2) is 0 Å². The van der Waals surface area contributed by atoms with Gasteiger partial charge < -0.3 is 12.4 Å². The van der Waals surface area contributed by atoms with Gasteiger partial charge in [0, 0.05) is 11.6 Å². The molecule has 1 heterocycles. The van der Waals surface area contributed by atoms with Crippen molar-refractivity contribution in [2.75, 3.05) is 5.75 Å². The summed E-state index contributed by atoms with van der Waals surface area (Å²) < 4.78 is 2.31. The van der Waals surface area contributed by atoms with Crippen molar-refractivity contribution >= 4 is 11.8 Å². The van der Waals surface area contributed by atoms with Crippen LogP contribution in [0, 0.1) is 13.8 Å². The van der Waals surface area contributed by atoms with Gasteiger partial charge in [-0.05, 0) is 31.6 Å². The highest BCUT2D eigenvalue weighted by atomic mass is 35.5. The largest absolute Gasteiger partial charge is 1.00 e. The standard InChI is InChI=1S/C20H36NS.ClH/c1-4-5-6-7-8-9-10-11-12-13-16-22-18-21-15-14-19(2)20(3)17-21;/h14-15,17H,4-13,16,18H2,1-3H3;1H/q+1;/p-1. The van der Waals surface area contributed by atoms with E-state index < -0.39 is 0 Å². The summed E-state index contributed by atoms with van der Waals surface area (Å²) in [5.74, 6) is 2.40. The van der Waals surface area contributed by atoms with Gasteiger partial charge in [-0.2, -0.15) is 4.57 Å². The first-order chi connectivity index (χ1) is 10.7. The molecular formula is C20H36ClNS. The summed E-state index contributed by atoms with van der Waals surface area (Å²) in [6, 6.07) is 2.22. The Labute approximate surface area is 155 Å². The van der Waals surface area contributed by atoms with Crippen molar-refractivity contribution in [3.05, 3.63) is 29.6 Å². The Morgan fingerprint density at radius 3 is 1.96 bits per heavy atom. The molecule has 1 rings (SSSR count). The summed E-state index contributed by atoms with van der Waals surface area (Å²) in [4.78, 5) is 0. The van der Waals surface area contributed by atoms with Gasteiger partial charge in [-0.1, -0.05) is 76.5 Å². The average molecular weight is 358 g/mol. The number of nitrogens with zero attached hydrogens (tertiary/aromatic N) is 1. The zero-order chi connectivity index (χ0) is 16.0. The lowest BCUT2D eigenvalue weighted by atomic mass is 10.1. The lowest BCUT2D eigenvalue weighted by molar-refractivity contribution is -0.676. The van der Waals surface area contributed by atoms with E-state index in [1.165, 1.54) is 81.1 Å². The van der Waals surface area contributed by atoms with Crippen LogP contribution in [-0.2, 0) is 5.88 Å². The predicted molar refractivity (Wildman–Crippen MR) is 100 cm³/mol. The van der Waals surface area contributed by atoms with E-state index >= 15 is 0 Å². The van der Waals surface area contributed by atoms with Crippen LogP contribution in [0.2, 0.25) is 0 Å². The molecule has 0 atom stereocenters. The third-order valence-electron chi connectivity index (χ3n) is 4.38. The van der Waals surface area contributed by atoms with Crippen molar-refractivity contribution in [3.8, 4) is 0 Å². The predicted octanol–water partition coefficient (Wildman–Crippen LogP) is 3.21. The number of aromatic nitrogens is 1. The number of hydrogen-bond acceptors (Lipinski definition) is 1. The van der Waals surface area contributed by atoms with Gasteiger partial charge in [-0.15, -0.1) is 0 Å². The van der Waals surface area contributed by atoms with Crippen molar-refractivity contribution in [2.45, 2.75) is 90.9 Å². The normalized spacial score (nSPS) is 10.6. The van der Waals surface area contributed by atoms with E-state index in [4.69, 9.17) is 0 Å². The van der Waals surface area contributed by atoms with E-state index in [0.717, 1.165) is 5.88 Å². The first-order valence-corrected chi connectivity index (χ1v) is 10.4. The Bertz CT molecular complexity index is 395. The number of unbranched alkanes of at least 4 members (excludes halogenated alkanes) is 9. The Kier molecular flexibility index (Phi) is 15.2. The molecule has 1 nitrogen and oxygen atoms in total. The summed E-state index contributed by atoms with van der Waals surface area (Å²) in [7, 11) is 0. The lowest BCUT2D eigenvalue weighted by Crippen LogP contribution is -3.00. The zero-order valence-electron chi connectivity index (χ0n) is 15.5. The van der Waals surface area contributed by atoms with Gasteiger partial charge in [-0.3, -0.25) is 0 Å². The SMILES string of the molecule is CCCCCCCCCCCCSC[n+]1ccc(C)c(C)c1.[Cl-]. The fourth-order valence-corrected chi connectivity index (χ4v) is 3.58. The minimum absolute atomic E-state index is 0. The van der Waals surface area contributed by atoms with Gasteiger partial charge in [0.25, 0.3) is 0 Å². The molecular weight excluding hydrogens is 322 g/mol. The molecule has 0 amide bonds. The van der Waals surface area contributed by atoms with E-state index in [1.54, 1.807) is 0 Å². The Morgan fingerprint density at radius 1 is 0.826 bits per heavy atom. The summed E-state index contributed by atoms with van der Waals surface area (Å²) in [6.45, 7) is 6.66. The molecule has 3 heteroatoms. The van der Waals surface area contributed by atoms with Crippen LogP contribution in [0.25, 0.3) is 0 Å². The molecule has 1 aromatic heterocycles. The molecule has 0 aliphatic carbocycles. The molecule has 0 radical (unpaired) electrons. The van der Waals surface area contributed by atoms with Crippen molar-refractivity contribution < 1.29 is 17.0 Å². The Hall–Kier alpha value is -0.210. The van der Waals surface area contributed by atoms with Crippen molar-refractivity contribution in [1.29, 1.82) is 0 Å². The molecule has 1 aromatic rings. The van der Waals surface area contributed by atoms with Gasteiger partial charge in [0.15, 0.2) is 18.3 Å². The Morgan fingerprint density at radius 2 is 1.39 bits per heavy atom. The van der Waals surface area contributed by atoms with Crippen LogP contribution >= 0.6 is 11.8 Å². The minimum Gasteiger partial charge on any atom is -1.00 e. The third kappa shape index (κ3) is 11.9. The molecule has 0 bridgehead atoms. The molecule has 0 N–H and O–H groups in total. The second-order valence-electron chi connectivity index (χ2n) is 6.54. The van der Waals surface area contributed by atoms with E-state index in [9.17, 15) is 0 Å².